The summed E-state index contributed by atoms with van der Waals surface area (Å²) in [5.41, 5.74) is 5.78. The molecule has 3 rings (SSSR count). The molecule has 0 saturated carbocycles. The van der Waals surface area contributed by atoms with Gasteiger partial charge in [0.2, 0.25) is 0 Å². The van der Waals surface area contributed by atoms with Crippen molar-refractivity contribution in [2.45, 2.75) is 0 Å². The molecule has 26 heavy (non-hydrogen) atoms. The van der Waals surface area contributed by atoms with Crippen molar-refractivity contribution in [3.05, 3.63) is 59.2 Å². The van der Waals surface area contributed by atoms with Crippen LogP contribution >= 0.6 is 15.9 Å². The third-order valence-electron chi connectivity index (χ3n) is 3.22. The Bertz CT molecular complexity index is 928. The first-order valence-corrected chi connectivity index (χ1v) is 8.16. The molecular weight excluding hydrogens is 404 g/mol. The summed E-state index contributed by atoms with van der Waals surface area (Å²) in [5, 5.41) is 10.2. The highest BCUT2D eigenvalue weighted by Crippen LogP contribution is 2.20. The molecule has 1 aromatic carbocycles. The fourth-order valence-electron chi connectivity index (χ4n) is 2.03. The van der Waals surface area contributed by atoms with Crippen LogP contribution in [0.4, 0.5) is 5.69 Å². The van der Waals surface area contributed by atoms with Gasteiger partial charge in [-0.05, 0) is 52.3 Å². The van der Waals surface area contributed by atoms with E-state index in [9.17, 15) is 9.59 Å². The molecule has 9 nitrogen and oxygen atoms in total. The summed E-state index contributed by atoms with van der Waals surface area (Å²) in [6.45, 7) is -0.210. The van der Waals surface area contributed by atoms with Gasteiger partial charge < -0.3 is 15.8 Å². The van der Waals surface area contributed by atoms with E-state index in [0.717, 1.165) is 0 Å². The maximum Gasteiger partial charge on any atom is 0.275 e. The van der Waals surface area contributed by atoms with Crippen molar-refractivity contribution in [1.29, 1.82) is 0 Å². The molecule has 0 spiro atoms. The first-order chi connectivity index (χ1) is 12.5. The van der Waals surface area contributed by atoms with Crippen molar-refractivity contribution >= 4 is 33.4 Å². The zero-order valence-electron chi connectivity index (χ0n) is 13.3. The molecule has 2 heterocycles. The lowest BCUT2D eigenvalue weighted by atomic mass is 10.2. The highest BCUT2D eigenvalue weighted by Gasteiger charge is 2.14. The normalized spacial score (nSPS) is 10.3. The number of rotatable bonds is 6. The van der Waals surface area contributed by atoms with Crippen LogP contribution in [0.1, 0.15) is 10.5 Å². The predicted molar refractivity (Wildman–Crippen MR) is 95.9 cm³/mol. The SMILES string of the molecule is NC(=O)COc1ccc(NC(=O)c2nc(-n3cnnc3)ccc2Br)cc1. The van der Waals surface area contributed by atoms with Crippen LogP contribution in [0.2, 0.25) is 0 Å². The molecule has 0 bridgehead atoms. The number of halogens is 1. The summed E-state index contributed by atoms with van der Waals surface area (Å²) < 4.78 is 7.31. The van der Waals surface area contributed by atoms with Gasteiger partial charge in [0.15, 0.2) is 6.61 Å². The van der Waals surface area contributed by atoms with E-state index in [1.165, 1.54) is 12.7 Å². The van der Waals surface area contributed by atoms with Gasteiger partial charge in [0, 0.05) is 10.2 Å². The number of nitrogens with two attached hydrogens (primary N) is 1. The lowest BCUT2D eigenvalue weighted by molar-refractivity contribution is -0.119. The van der Waals surface area contributed by atoms with Gasteiger partial charge >= 0.3 is 0 Å². The highest BCUT2D eigenvalue weighted by molar-refractivity contribution is 9.10. The highest BCUT2D eigenvalue weighted by atomic mass is 79.9. The molecule has 10 heteroatoms. The second-order valence-corrected chi connectivity index (χ2v) is 5.96. The number of nitrogens with zero attached hydrogens (tertiary/aromatic N) is 4. The van der Waals surface area contributed by atoms with E-state index in [-0.39, 0.29) is 12.3 Å². The first kappa shape index (κ1) is 17.5. The van der Waals surface area contributed by atoms with Crippen molar-refractivity contribution in [3.63, 3.8) is 0 Å². The summed E-state index contributed by atoms with van der Waals surface area (Å²) in [6.07, 6.45) is 2.98. The summed E-state index contributed by atoms with van der Waals surface area (Å²) in [4.78, 5) is 27.6. The van der Waals surface area contributed by atoms with Crippen molar-refractivity contribution in [3.8, 4) is 11.6 Å². The van der Waals surface area contributed by atoms with Crippen LogP contribution in [-0.2, 0) is 4.79 Å². The van der Waals surface area contributed by atoms with E-state index >= 15 is 0 Å². The number of hydrogen-bond donors (Lipinski definition) is 2. The molecule has 2 amide bonds. The van der Waals surface area contributed by atoms with E-state index in [1.807, 2.05) is 0 Å². The quantitative estimate of drug-likeness (QED) is 0.627. The van der Waals surface area contributed by atoms with Gasteiger partial charge in [-0.15, -0.1) is 10.2 Å². The molecule has 0 aliphatic rings. The first-order valence-electron chi connectivity index (χ1n) is 7.37. The standard InChI is InChI=1S/C16H13BrN6O3/c17-12-5-6-14(23-8-19-20-9-23)22-15(12)16(25)21-10-1-3-11(4-2-10)26-7-13(18)24/h1-6,8-9H,7H2,(H2,18,24)(H,21,25). The zero-order chi connectivity index (χ0) is 18.5. The fourth-order valence-corrected chi connectivity index (χ4v) is 2.43. The Morgan fingerprint density at radius 3 is 2.46 bits per heavy atom. The second kappa shape index (κ2) is 7.74. The van der Waals surface area contributed by atoms with Crippen LogP contribution in [0.3, 0.4) is 0 Å². The number of carbonyl (C=O) groups excluding carboxylic acids is 2. The van der Waals surface area contributed by atoms with E-state index in [4.69, 9.17) is 10.5 Å². The Hall–Kier alpha value is -3.27. The zero-order valence-corrected chi connectivity index (χ0v) is 14.9. The van der Waals surface area contributed by atoms with E-state index in [0.29, 0.717) is 21.7 Å². The molecular formula is C16H13BrN6O3. The number of pyridine rings is 1. The molecule has 3 aromatic rings. The average molecular weight is 417 g/mol. The molecule has 0 radical (unpaired) electrons. The summed E-state index contributed by atoms with van der Waals surface area (Å²) >= 11 is 3.33. The number of nitrogens with one attached hydrogen (secondary N) is 1. The van der Waals surface area contributed by atoms with E-state index in [1.54, 1.807) is 41.0 Å². The lowest BCUT2D eigenvalue weighted by Crippen LogP contribution is -2.20. The molecule has 132 valence electrons. The number of primary amides is 1. The van der Waals surface area contributed by atoms with Gasteiger partial charge in [-0.25, -0.2) is 4.98 Å². The van der Waals surface area contributed by atoms with Gasteiger partial charge in [-0.1, -0.05) is 0 Å². The largest absolute Gasteiger partial charge is 0.484 e. The van der Waals surface area contributed by atoms with Crippen LogP contribution in [0, 0.1) is 0 Å². The van der Waals surface area contributed by atoms with Crippen LogP contribution in [0.25, 0.3) is 5.82 Å². The van der Waals surface area contributed by atoms with Gasteiger partial charge in [-0.3, -0.25) is 14.2 Å². The molecule has 0 aliphatic heterocycles. The Balaban J connectivity index is 1.73. The summed E-state index contributed by atoms with van der Waals surface area (Å²) in [5.74, 6) is 0.0261. The lowest BCUT2D eigenvalue weighted by Gasteiger charge is -2.09. The maximum atomic E-state index is 12.5. The average Bonchev–Trinajstić information content (AvgIpc) is 3.16. The van der Waals surface area contributed by atoms with Gasteiger partial charge in [0.25, 0.3) is 11.8 Å². The molecule has 0 atom stereocenters. The van der Waals surface area contributed by atoms with Gasteiger partial charge in [0.05, 0.1) is 0 Å². The number of carbonyl (C=O) groups is 2. The van der Waals surface area contributed by atoms with E-state index < -0.39 is 11.8 Å². The Morgan fingerprint density at radius 1 is 1.12 bits per heavy atom. The second-order valence-electron chi connectivity index (χ2n) is 5.10. The third kappa shape index (κ3) is 4.22. The minimum atomic E-state index is -0.564. The molecule has 0 aliphatic carbocycles. The molecule has 2 aromatic heterocycles. The number of benzene rings is 1. The van der Waals surface area contributed by atoms with Gasteiger partial charge in [0.1, 0.15) is 29.9 Å². The topological polar surface area (TPSA) is 125 Å². The molecule has 0 saturated heterocycles. The van der Waals surface area contributed by atoms with Crippen molar-refractivity contribution in [2.24, 2.45) is 5.73 Å². The Labute approximate surface area is 156 Å². The van der Waals surface area contributed by atoms with Gasteiger partial charge in [-0.2, -0.15) is 0 Å². The fraction of sp³-hybridized carbons (Fsp3) is 0.0625. The smallest absolute Gasteiger partial charge is 0.275 e. The number of aromatic nitrogens is 4. The Morgan fingerprint density at radius 2 is 1.81 bits per heavy atom. The molecule has 3 N–H and O–H groups in total. The molecule has 0 unspecified atom stereocenters. The minimum absolute atomic E-state index is 0.210. The number of amides is 2. The summed E-state index contributed by atoms with van der Waals surface area (Å²) in [6, 6.07) is 9.98. The monoisotopic (exact) mass is 416 g/mol. The van der Waals surface area contributed by atoms with Crippen LogP contribution in [-0.4, -0.2) is 38.2 Å². The van der Waals surface area contributed by atoms with Crippen molar-refractivity contribution < 1.29 is 14.3 Å². The number of hydrogen-bond acceptors (Lipinski definition) is 6. The maximum absolute atomic E-state index is 12.5. The van der Waals surface area contributed by atoms with Crippen molar-refractivity contribution in [2.75, 3.05) is 11.9 Å². The number of ether oxygens (including phenoxy) is 1. The van der Waals surface area contributed by atoms with Crippen LogP contribution in [0.5, 0.6) is 5.75 Å². The van der Waals surface area contributed by atoms with E-state index in [2.05, 4.69) is 36.4 Å². The van der Waals surface area contributed by atoms with Crippen LogP contribution < -0.4 is 15.8 Å². The predicted octanol–water partition coefficient (Wildman–Crippen LogP) is 1.54. The third-order valence-corrected chi connectivity index (χ3v) is 3.86. The minimum Gasteiger partial charge on any atom is -0.484 e. The summed E-state index contributed by atoms with van der Waals surface area (Å²) in [7, 11) is 0. The van der Waals surface area contributed by atoms with Crippen LogP contribution in [0.15, 0.2) is 53.5 Å². The Kier molecular flexibility index (Phi) is 5.23. The molecule has 0 fully saturated rings. The van der Waals surface area contributed by atoms with Crippen molar-refractivity contribution in [1.82, 2.24) is 19.7 Å². The number of anilines is 1.